The van der Waals surface area contributed by atoms with E-state index in [4.69, 9.17) is 9.51 Å². The highest BCUT2D eigenvalue weighted by molar-refractivity contribution is 7.98. The predicted octanol–water partition coefficient (Wildman–Crippen LogP) is 6.84. The lowest BCUT2D eigenvalue weighted by Gasteiger charge is -2.35. The molecule has 3 heterocycles. The Hall–Kier alpha value is -3.36. The van der Waals surface area contributed by atoms with Gasteiger partial charge in [0, 0.05) is 10.6 Å². The molecule has 0 aliphatic carbocycles. The van der Waals surface area contributed by atoms with Crippen LogP contribution < -0.4 is 10.2 Å². The van der Waals surface area contributed by atoms with Crippen molar-refractivity contribution in [2.45, 2.75) is 31.7 Å². The average Bonchev–Trinajstić information content (AvgIpc) is 3.53. The summed E-state index contributed by atoms with van der Waals surface area (Å²) in [6.07, 6.45) is 2.02. The number of benzene rings is 2. The van der Waals surface area contributed by atoms with E-state index in [9.17, 15) is 4.79 Å². The Morgan fingerprint density at radius 1 is 1.06 bits per heavy atom. The van der Waals surface area contributed by atoms with Crippen molar-refractivity contribution in [3.63, 3.8) is 0 Å². The van der Waals surface area contributed by atoms with Crippen LogP contribution in [0.2, 0.25) is 0 Å². The van der Waals surface area contributed by atoms with Crippen LogP contribution in [0.25, 0.3) is 16.3 Å². The van der Waals surface area contributed by atoms with Crippen LogP contribution in [0.4, 0.5) is 10.5 Å². The number of thioether (sulfide) groups is 1. The summed E-state index contributed by atoms with van der Waals surface area (Å²) in [5, 5.41) is 9.39. The monoisotopic (exact) mass is 488 g/mol. The molecule has 2 aromatic heterocycles. The summed E-state index contributed by atoms with van der Waals surface area (Å²) in [7, 11) is 0. The van der Waals surface area contributed by atoms with Crippen LogP contribution in [0, 0.1) is 13.8 Å². The first-order valence-electron chi connectivity index (χ1n) is 10.9. The highest BCUT2D eigenvalue weighted by atomic mass is 32.2. The molecule has 1 aliphatic heterocycles. The molecule has 1 unspecified atom stereocenters. The van der Waals surface area contributed by atoms with E-state index in [2.05, 4.69) is 36.5 Å². The smallest absolute Gasteiger partial charge is 0.326 e. The Balaban J connectivity index is 1.67. The van der Waals surface area contributed by atoms with Gasteiger partial charge in [-0.15, -0.1) is 23.1 Å². The molecule has 0 fully saturated rings. The highest BCUT2D eigenvalue weighted by Crippen LogP contribution is 2.40. The van der Waals surface area contributed by atoms with Crippen LogP contribution >= 0.6 is 23.1 Å². The van der Waals surface area contributed by atoms with Crippen molar-refractivity contribution in [2.24, 2.45) is 0 Å². The van der Waals surface area contributed by atoms with Crippen molar-refractivity contribution in [3.05, 3.63) is 88.3 Å². The van der Waals surface area contributed by atoms with Gasteiger partial charge in [-0.05, 0) is 73.4 Å². The Morgan fingerprint density at radius 3 is 2.65 bits per heavy atom. The van der Waals surface area contributed by atoms with Crippen molar-refractivity contribution in [1.29, 1.82) is 0 Å². The summed E-state index contributed by atoms with van der Waals surface area (Å²) >= 11 is 3.19. The molecule has 1 aliphatic rings. The van der Waals surface area contributed by atoms with E-state index in [0.29, 0.717) is 11.7 Å². The molecule has 4 aromatic rings. The van der Waals surface area contributed by atoms with E-state index in [1.54, 1.807) is 28.0 Å². The first-order chi connectivity index (χ1) is 16.5. The van der Waals surface area contributed by atoms with E-state index in [1.807, 2.05) is 61.0 Å². The van der Waals surface area contributed by atoms with E-state index in [1.165, 1.54) is 5.56 Å². The van der Waals surface area contributed by atoms with Crippen molar-refractivity contribution >= 4 is 40.4 Å². The van der Waals surface area contributed by atoms with E-state index >= 15 is 0 Å². The van der Waals surface area contributed by atoms with Crippen molar-refractivity contribution < 1.29 is 9.32 Å². The van der Waals surface area contributed by atoms with Gasteiger partial charge < -0.3 is 9.84 Å². The molecular weight excluding hydrogens is 464 g/mol. The minimum Gasteiger partial charge on any atom is -0.334 e. The van der Waals surface area contributed by atoms with Gasteiger partial charge in [0.2, 0.25) is 5.82 Å². The van der Waals surface area contributed by atoms with E-state index in [-0.39, 0.29) is 6.03 Å². The highest BCUT2D eigenvalue weighted by Gasteiger charge is 2.36. The van der Waals surface area contributed by atoms with Gasteiger partial charge in [0.15, 0.2) is 0 Å². The molecule has 34 heavy (non-hydrogen) atoms. The van der Waals surface area contributed by atoms with Gasteiger partial charge in [-0.2, -0.15) is 4.98 Å². The number of thiophene rings is 1. The first-order valence-corrected chi connectivity index (χ1v) is 13.0. The second-order valence-corrected chi connectivity index (χ2v) is 9.99. The molecule has 6 nitrogen and oxygen atoms in total. The molecule has 0 saturated carbocycles. The lowest BCUT2D eigenvalue weighted by molar-refractivity contribution is 0.244. The summed E-state index contributed by atoms with van der Waals surface area (Å²) in [5.41, 5.74) is 5.65. The molecular formula is C26H24N4O2S2. The molecule has 2 amide bonds. The number of carbonyl (C=O) groups is 1. The molecule has 2 aromatic carbocycles. The van der Waals surface area contributed by atoms with Gasteiger partial charge in [0.05, 0.1) is 22.2 Å². The van der Waals surface area contributed by atoms with Gasteiger partial charge in [0.1, 0.15) is 0 Å². The zero-order valence-corrected chi connectivity index (χ0v) is 21.0. The topological polar surface area (TPSA) is 71.3 Å². The number of allylic oxidation sites excluding steroid dienone is 1. The maximum atomic E-state index is 13.4. The van der Waals surface area contributed by atoms with Crippen LogP contribution in [0.3, 0.4) is 0 Å². The number of hydrogen-bond acceptors (Lipinski definition) is 6. The molecule has 0 bridgehead atoms. The van der Waals surface area contributed by atoms with Crippen molar-refractivity contribution in [1.82, 2.24) is 15.5 Å². The summed E-state index contributed by atoms with van der Waals surface area (Å²) in [4.78, 5) is 21.8. The number of rotatable bonds is 5. The second kappa shape index (κ2) is 9.12. The molecule has 172 valence electrons. The summed E-state index contributed by atoms with van der Waals surface area (Å²) in [6.45, 7) is 6.08. The van der Waals surface area contributed by atoms with Crippen LogP contribution in [-0.2, 0) is 0 Å². The lowest BCUT2D eigenvalue weighted by Crippen LogP contribution is -2.46. The zero-order chi connectivity index (χ0) is 23.8. The maximum absolute atomic E-state index is 13.4. The second-order valence-electron chi connectivity index (χ2n) is 8.16. The van der Waals surface area contributed by atoms with Gasteiger partial charge in [0.25, 0.3) is 5.89 Å². The number of hydrogen-bond donors (Lipinski definition) is 1. The van der Waals surface area contributed by atoms with E-state index < -0.39 is 6.04 Å². The fourth-order valence-corrected chi connectivity index (χ4v) is 5.22. The Kier molecular flexibility index (Phi) is 6.02. The Morgan fingerprint density at radius 2 is 1.91 bits per heavy atom. The summed E-state index contributed by atoms with van der Waals surface area (Å²) < 4.78 is 5.77. The number of nitrogens with one attached hydrogen (secondary N) is 1. The van der Waals surface area contributed by atoms with E-state index in [0.717, 1.165) is 37.9 Å². The lowest BCUT2D eigenvalue weighted by atomic mass is 9.92. The Labute approximate surface area is 206 Å². The number of carbonyl (C=O) groups excluding carboxylic acids is 1. The average molecular weight is 489 g/mol. The van der Waals surface area contributed by atoms with Gasteiger partial charge >= 0.3 is 6.03 Å². The molecule has 8 heteroatoms. The summed E-state index contributed by atoms with van der Waals surface area (Å²) in [6, 6.07) is 17.5. The number of anilines is 1. The fourth-order valence-electron chi connectivity index (χ4n) is 4.11. The van der Waals surface area contributed by atoms with Crippen LogP contribution in [-0.4, -0.2) is 22.4 Å². The Bertz CT molecular complexity index is 1390. The number of amides is 2. The third kappa shape index (κ3) is 4.03. The van der Waals surface area contributed by atoms with Crippen LogP contribution in [0.1, 0.15) is 35.5 Å². The van der Waals surface area contributed by atoms with Crippen molar-refractivity contribution in [2.75, 3.05) is 11.2 Å². The molecule has 0 radical (unpaired) electrons. The molecule has 1 N–H and O–H groups in total. The third-order valence-electron chi connectivity index (χ3n) is 6.06. The van der Waals surface area contributed by atoms with Gasteiger partial charge in [-0.3, -0.25) is 4.90 Å². The summed E-state index contributed by atoms with van der Waals surface area (Å²) in [5.74, 6) is 0.937. The normalized spacial score (nSPS) is 16.2. The molecule has 1 atom stereocenters. The zero-order valence-electron chi connectivity index (χ0n) is 19.3. The minimum atomic E-state index is -0.414. The van der Waals surface area contributed by atoms with Gasteiger partial charge in [-0.25, -0.2) is 4.79 Å². The van der Waals surface area contributed by atoms with Gasteiger partial charge in [-0.1, -0.05) is 35.5 Å². The standard InChI is InChI=1S/C26H24N4O2S2/c1-15-10-11-18(13-16(15)2)23-22(25-28-24(29-32-25)21-9-6-12-34-21)17(3)30(26(31)27-23)19-7-5-8-20(14-19)33-4/h5-14,23H,1-4H3,(H,27,31). The first kappa shape index (κ1) is 22.4. The van der Waals surface area contributed by atoms with Crippen LogP contribution in [0.15, 0.2) is 75.1 Å². The number of aromatic nitrogens is 2. The minimum absolute atomic E-state index is 0.194. The SMILES string of the molecule is CSc1cccc(N2C(=O)NC(c3ccc(C)c(C)c3)C(c3nc(-c4cccs4)no3)=C2C)c1. The van der Waals surface area contributed by atoms with Crippen molar-refractivity contribution in [3.8, 4) is 10.7 Å². The fraction of sp³-hybridized carbons (Fsp3) is 0.192. The largest absolute Gasteiger partial charge is 0.334 e. The van der Waals surface area contributed by atoms with Crippen LogP contribution in [0.5, 0.6) is 0 Å². The third-order valence-corrected chi connectivity index (χ3v) is 7.65. The molecule has 0 spiro atoms. The number of urea groups is 1. The molecule has 5 rings (SSSR count). The maximum Gasteiger partial charge on any atom is 0.326 e. The predicted molar refractivity (Wildman–Crippen MR) is 138 cm³/mol. The quantitative estimate of drug-likeness (QED) is 0.311. The number of nitrogens with zero attached hydrogens (tertiary/aromatic N) is 3. The molecule has 0 saturated heterocycles. The number of aryl methyl sites for hydroxylation is 2.